The lowest BCUT2D eigenvalue weighted by Crippen LogP contribution is -2.28. The van der Waals surface area contributed by atoms with E-state index in [0.29, 0.717) is 22.9 Å². The van der Waals surface area contributed by atoms with Gasteiger partial charge in [0, 0.05) is 19.4 Å². The zero-order valence-corrected chi connectivity index (χ0v) is 14.8. The molecule has 0 bridgehead atoms. The zero-order valence-electron chi connectivity index (χ0n) is 14.8. The van der Waals surface area contributed by atoms with Crippen molar-refractivity contribution in [3.8, 4) is 5.82 Å². The van der Waals surface area contributed by atoms with Gasteiger partial charge in [-0.25, -0.2) is 14.3 Å². The van der Waals surface area contributed by atoms with Gasteiger partial charge in [0.25, 0.3) is 5.91 Å². The van der Waals surface area contributed by atoms with Crippen LogP contribution in [0.2, 0.25) is 0 Å². The molecular formula is C18H19N7O. The molecule has 8 nitrogen and oxygen atoms in total. The molecule has 26 heavy (non-hydrogen) atoms. The molecule has 1 aromatic carbocycles. The molecule has 4 aromatic rings. The number of nitrogens with zero attached hydrogens (tertiary/aromatic N) is 5. The highest BCUT2D eigenvalue weighted by Gasteiger charge is 2.24. The normalized spacial score (nSPS) is 12.4. The van der Waals surface area contributed by atoms with Gasteiger partial charge in [0.05, 0.1) is 22.8 Å². The van der Waals surface area contributed by atoms with E-state index in [1.165, 1.54) is 0 Å². The number of hydrogen-bond donors (Lipinski definition) is 2. The molecule has 0 saturated heterocycles. The third-order valence-corrected chi connectivity index (χ3v) is 4.31. The number of carbonyl (C=O) groups is 1. The van der Waals surface area contributed by atoms with E-state index in [1.54, 1.807) is 34.9 Å². The second-order valence-corrected chi connectivity index (χ2v) is 6.19. The number of H-pyrrole nitrogens is 1. The molecule has 1 amide bonds. The summed E-state index contributed by atoms with van der Waals surface area (Å²) in [6, 6.07) is 9.31. The number of amides is 1. The Bertz CT molecular complexity index is 1040. The maximum absolute atomic E-state index is 12.9. The van der Waals surface area contributed by atoms with Crippen molar-refractivity contribution in [2.24, 2.45) is 7.05 Å². The molecule has 3 heterocycles. The second kappa shape index (κ2) is 6.14. The maximum Gasteiger partial charge on any atom is 0.257 e. The van der Waals surface area contributed by atoms with Crippen molar-refractivity contribution >= 4 is 16.9 Å². The Morgan fingerprint density at radius 1 is 1.27 bits per heavy atom. The van der Waals surface area contributed by atoms with Crippen LogP contribution in [0.5, 0.6) is 0 Å². The van der Waals surface area contributed by atoms with Crippen LogP contribution in [0.1, 0.15) is 34.8 Å². The van der Waals surface area contributed by atoms with E-state index < -0.39 is 0 Å². The standard InChI is InChI=1S/C18H19N7O/c1-11-15(18(24(3)23-11)25-10-6-9-19-25)17(26)20-12(2)16-21-13-7-4-5-8-14(13)22-16/h4-10,12H,1-3H3,(H,20,26)(H,21,22)/t12-/m0/s1. The fourth-order valence-electron chi connectivity index (χ4n) is 3.08. The minimum Gasteiger partial charge on any atom is -0.342 e. The number of para-hydroxylation sites is 2. The third kappa shape index (κ3) is 2.65. The van der Waals surface area contributed by atoms with Crippen LogP contribution < -0.4 is 5.32 Å². The first-order valence-corrected chi connectivity index (χ1v) is 8.33. The first kappa shape index (κ1) is 16.1. The largest absolute Gasteiger partial charge is 0.342 e. The topological polar surface area (TPSA) is 93.4 Å². The highest BCUT2D eigenvalue weighted by Crippen LogP contribution is 2.20. The molecule has 0 spiro atoms. The first-order valence-electron chi connectivity index (χ1n) is 8.33. The Morgan fingerprint density at radius 3 is 2.81 bits per heavy atom. The Balaban J connectivity index is 1.64. The number of fused-ring (bicyclic) bond motifs is 1. The molecule has 8 heteroatoms. The van der Waals surface area contributed by atoms with Gasteiger partial charge in [-0.1, -0.05) is 12.1 Å². The number of hydrogen-bond acceptors (Lipinski definition) is 4. The Kier molecular flexibility index (Phi) is 3.80. The summed E-state index contributed by atoms with van der Waals surface area (Å²) in [6.07, 6.45) is 3.46. The Morgan fingerprint density at radius 2 is 2.08 bits per heavy atom. The highest BCUT2D eigenvalue weighted by molar-refractivity contribution is 5.98. The molecule has 0 aliphatic rings. The summed E-state index contributed by atoms with van der Waals surface area (Å²) < 4.78 is 3.30. The SMILES string of the molecule is Cc1nn(C)c(-n2cccn2)c1C(=O)N[C@@H](C)c1nc2ccccc2[nH]1. The van der Waals surface area contributed by atoms with Crippen molar-refractivity contribution in [2.45, 2.75) is 19.9 Å². The predicted octanol–water partition coefficient (Wildman–Crippen LogP) is 2.28. The highest BCUT2D eigenvalue weighted by atomic mass is 16.1. The number of imidazole rings is 1. The van der Waals surface area contributed by atoms with E-state index in [4.69, 9.17) is 0 Å². The fourth-order valence-corrected chi connectivity index (χ4v) is 3.08. The van der Waals surface area contributed by atoms with E-state index in [-0.39, 0.29) is 11.9 Å². The summed E-state index contributed by atoms with van der Waals surface area (Å²) in [7, 11) is 1.80. The van der Waals surface area contributed by atoms with E-state index in [9.17, 15) is 4.79 Å². The van der Waals surface area contributed by atoms with E-state index >= 15 is 0 Å². The Labute approximate surface area is 149 Å². The molecule has 0 saturated carbocycles. The van der Waals surface area contributed by atoms with E-state index in [0.717, 1.165) is 11.0 Å². The second-order valence-electron chi connectivity index (χ2n) is 6.19. The van der Waals surface area contributed by atoms with Crippen LogP contribution in [0, 0.1) is 6.92 Å². The van der Waals surface area contributed by atoms with Crippen molar-refractivity contribution in [1.29, 1.82) is 0 Å². The van der Waals surface area contributed by atoms with Crippen LogP contribution >= 0.6 is 0 Å². The maximum atomic E-state index is 12.9. The van der Waals surface area contributed by atoms with Crippen LogP contribution in [0.4, 0.5) is 0 Å². The van der Waals surface area contributed by atoms with E-state index in [1.807, 2.05) is 38.1 Å². The van der Waals surface area contributed by atoms with Crippen molar-refractivity contribution in [3.63, 3.8) is 0 Å². The molecule has 4 rings (SSSR count). The molecule has 2 N–H and O–H groups in total. The molecule has 132 valence electrons. The summed E-state index contributed by atoms with van der Waals surface area (Å²) in [5, 5.41) is 11.6. The fraction of sp³-hybridized carbons (Fsp3) is 0.222. The summed E-state index contributed by atoms with van der Waals surface area (Å²) in [6.45, 7) is 3.71. The average molecular weight is 349 g/mol. The number of rotatable bonds is 4. The van der Waals surface area contributed by atoms with Crippen LogP contribution in [0.3, 0.4) is 0 Å². The predicted molar refractivity (Wildman–Crippen MR) is 97.0 cm³/mol. The molecular weight excluding hydrogens is 330 g/mol. The van der Waals surface area contributed by atoms with Gasteiger partial charge in [-0.2, -0.15) is 10.2 Å². The number of aryl methyl sites for hydroxylation is 2. The van der Waals surface area contributed by atoms with Gasteiger partial charge in [-0.05, 0) is 32.0 Å². The van der Waals surface area contributed by atoms with Gasteiger partial charge in [0.1, 0.15) is 11.4 Å². The van der Waals surface area contributed by atoms with Gasteiger partial charge < -0.3 is 10.3 Å². The van der Waals surface area contributed by atoms with Crippen molar-refractivity contribution in [1.82, 2.24) is 34.8 Å². The van der Waals surface area contributed by atoms with Crippen LogP contribution in [0.25, 0.3) is 16.9 Å². The van der Waals surface area contributed by atoms with E-state index in [2.05, 4.69) is 25.5 Å². The summed E-state index contributed by atoms with van der Waals surface area (Å²) in [5.41, 5.74) is 2.96. The quantitative estimate of drug-likeness (QED) is 0.591. The molecule has 0 aliphatic heterocycles. The molecule has 3 aromatic heterocycles. The number of nitrogens with one attached hydrogen (secondary N) is 2. The molecule has 0 fully saturated rings. The molecule has 1 atom stereocenters. The van der Waals surface area contributed by atoms with Crippen molar-refractivity contribution in [2.75, 3.05) is 0 Å². The number of carbonyl (C=O) groups excluding carboxylic acids is 1. The number of benzene rings is 1. The van der Waals surface area contributed by atoms with Gasteiger partial charge in [0.2, 0.25) is 0 Å². The van der Waals surface area contributed by atoms with Gasteiger partial charge in [0.15, 0.2) is 5.82 Å². The van der Waals surface area contributed by atoms with Crippen molar-refractivity contribution < 1.29 is 4.79 Å². The monoisotopic (exact) mass is 349 g/mol. The first-order chi connectivity index (χ1) is 12.5. The van der Waals surface area contributed by atoms with Crippen molar-refractivity contribution in [3.05, 3.63) is 59.8 Å². The van der Waals surface area contributed by atoms with Gasteiger partial charge in [-0.15, -0.1) is 0 Å². The van der Waals surface area contributed by atoms with Gasteiger partial charge >= 0.3 is 0 Å². The number of aromatic amines is 1. The molecule has 0 aliphatic carbocycles. The van der Waals surface area contributed by atoms with Gasteiger partial charge in [-0.3, -0.25) is 4.79 Å². The molecule has 0 radical (unpaired) electrons. The minimum absolute atomic E-state index is 0.214. The minimum atomic E-state index is -0.278. The van der Waals surface area contributed by atoms with Crippen LogP contribution in [-0.4, -0.2) is 35.4 Å². The summed E-state index contributed by atoms with van der Waals surface area (Å²) in [4.78, 5) is 20.7. The third-order valence-electron chi connectivity index (χ3n) is 4.31. The lowest BCUT2D eigenvalue weighted by Gasteiger charge is -2.12. The number of aromatic nitrogens is 6. The Hall–Kier alpha value is -3.42. The van der Waals surface area contributed by atoms with Crippen LogP contribution in [0.15, 0.2) is 42.7 Å². The smallest absolute Gasteiger partial charge is 0.257 e. The average Bonchev–Trinajstić information content (AvgIpc) is 3.32. The van der Waals surface area contributed by atoms with Crippen LogP contribution in [-0.2, 0) is 7.05 Å². The lowest BCUT2D eigenvalue weighted by atomic mass is 10.2. The summed E-state index contributed by atoms with van der Waals surface area (Å²) >= 11 is 0. The zero-order chi connectivity index (χ0) is 18.3. The molecule has 0 unspecified atom stereocenters. The lowest BCUT2D eigenvalue weighted by molar-refractivity contribution is 0.0937. The summed E-state index contributed by atoms with van der Waals surface area (Å²) in [5.74, 6) is 1.12.